The molecule has 0 N–H and O–H groups in total. The molecular formula is C17H16N4S. The summed E-state index contributed by atoms with van der Waals surface area (Å²) in [6, 6.07) is 10.5. The van der Waals surface area contributed by atoms with Crippen LogP contribution in [0.4, 0.5) is 0 Å². The van der Waals surface area contributed by atoms with Crippen LogP contribution in [0.25, 0.3) is 22.3 Å². The molecule has 2 aromatic heterocycles. The van der Waals surface area contributed by atoms with Crippen molar-refractivity contribution in [2.45, 2.75) is 30.0 Å². The molecule has 1 aromatic carbocycles. The van der Waals surface area contributed by atoms with Crippen LogP contribution in [0.1, 0.15) is 19.3 Å². The van der Waals surface area contributed by atoms with Gasteiger partial charge in [-0.3, -0.25) is 4.68 Å². The van der Waals surface area contributed by atoms with Gasteiger partial charge in [0.05, 0.1) is 16.7 Å². The molecule has 4 nitrogen and oxygen atoms in total. The highest BCUT2D eigenvalue weighted by molar-refractivity contribution is 7.98. The predicted molar refractivity (Wildman–Crippen MR) is 87.9 cm³/mol. The standard InChI is InChI=1S/C17H16N4S/c1-22-16-18-7-6-13(19-16)15-12-4-2-3-5-14(12)21(20-15)17-8-11(9-17)10-17/h2-7,11H,8-10H2,1H3. The number of benzene rings is 1. The van der Waals surface area contributed by atoms with Crippen LogP contribution in [0.2, 0.25) is 0 Å². The monoisotopic (exact) mass is 308 g/mol. The van der Waals surface area contributed by atoms with Gasteiger partial charge in [0.25, 0.3) is 0 Å². The van der Waals surface area contributed by atoms with Crippen LogP contribution >= 0.6 is 11.8 Å². The number of rotatable bonds is 3. The fourth-order valence-corrected chi connectivity index (χ4v) is 4.24. The van der Waals surface area contributed by atoms with Crippen LogP contribution in [0, 0.1) is 5.92 Å². The molecule has 3 fully saturated rings. The third-order valence-corrected chi connectivity index (χ3v) is 5.66. The average molecular weight is 308 g/mol. The van der Waals surface area contributed by atoms with E-state index in [4.69, 9.17) is 5.10 Å². The molecule has 0 spiro atoms. The van der Waals surface area contributed by atoms with E-state index in [1.165, 1.54) is 30.2 Å². The number of thioether (sulfide) groups is 1. The van der Waals surface area contributed by atoms with Crippen molar-refractivity contribution < 1.29 is 0 Å². The quantitative estimate of drug-likeness (QED) is 0.546. The molecule has 0 radical (unpaired) electrons. The molecule has 3 saturated carbocycles. The third-order valence-electron chi connectivity index (χ3n) is 5.10. The molecule has 3 aromatic rings. The minimum absolute atomic E-state index is 0.290. The van der Waals surface area contributed by atoms with E-state index in [0.717, 1.165) is 22.5 Å². The van der Waals surface area contributed by atoms with Gasteiger partial charge in [-0.25, -0.2) is 9.97 Å². The molecule has 2 heterocycles. The number of hydrogen-bond acceptors (Lipinski definition) is 4. The Balaban J connectivity index is 1.73. The van der Waals surface area contributed by atoms with E-state index in [1.807, 2.05) is 18.5 Å². The van der Waals surface area contributed by atoms with Crippen LogP contribution in [0.5, 0.6) is 0 Å². The largest absolute Gasteiger partial charge is 0.258 e. The van der Waals surface area contributed by atoms with Gasteiger partial charge in [-0.05, 0) is 43.6 Å². The second kappa shape index (κ2) is 4.32. The van der Waals surface area contributed by atoms with E-state index in [2.05, 4.69) is 38.9 Å². The number of aromatic nitrogens is 4. The Morgan fingerprint density at radius 1 is 1.18 bits per heavy atom. The van der Waals surface area contributed by atoms with Crippen LogP contribution in [-0.2, 0) is 5.54 Å². The van der Waals surface area contributed by atoms with Crippen molar-refractivity contribution >= 4 is 22.7 Å². The lowest BCUT2D eigenvalue weighted by atomic mass is 9.50. The summed E-state index contributed by atoms with van der Waals surface area (Å²) in [5.74, 6) is 0.938. The minimum Gasteiger partial charge on any atom is -0.258 e. The summed E-state index contributed by atoms with van der Waals surface area (Å²) in [6.07, 6.45) is 7.69. The van der Waals surface area contributed by atoms with Gasteiger partial charge in [0.1, 0.15) is 5.69 Å². The second-order valence-corrected chi connectivity index (χ2v) is 7.18. The van der Waals surface area contributed by atoms with E-state index >= 15 is 0 Å². The molecule has 0 atom stereocenters. The van der Waals surface area contributed by atoms with Crippen molar-refractivity contribution in [3.8, 4) is 11.4 Å². The van der Waals surface area contributed by atoms with Crippen molar-refractivity contribution in [3.63, 3.8) is 0 Å². The van der Waals surface area contributed by atoms with Crippen molar-refractivity contribution in [2.24, 2.45) is 5.92 Å². The van der Waals surface area contributed by atoms with E-state index in [9.17, 15) is 0 Å². The summed E-state index contributed by atoms with van der Waals surface area (Å²) in [5, 5.41) is 6.97. The summed E-state index contributed by atoms with van der Waals surface area (Å²) in [6.45, 7) is 0. The fraction of sp³-hybridized carbons (Fsp3) is 0.353. The normalized spacial score (nSPS) is 25.8. The highest BCUT2D eigenvalue weighted by Gasteiger charge is 2.59. The number of fused-ring (bicyclic) bond motifs is 1. The van der Waals surface area contributed by atoms with Crippen molar-refractivity contribution in [1.82, 2.24) is 19.7 Å². The van der Waals surface area contributed by atoms with Gasteiger partial charge in [-0.1, -0.05) is 30.0 Å². The van der Waals surface area contributed by atoms with Crippen LogP contribution in [0.3, 0.4) is 0 Å². The first kappa shape index (κ1) is 12.6. The van der Waals surface area contributed by atoms with Gasteiger partial charge in [-0.2, -0.15) is 5.10 Å². The van der Waals surface area contributed by atoms with E-state index in [-0.39, 0.29) is 5.54 Å². The third kappa shape index (κ3) is 1.57. The predicted octanol–water partition coefficient (Wildman–Crippen LogP) is 3.72. The SMILES string of the molecule is CSc1nccc(-c2nn(C34CC(C3)C4)c3ccccc23)n1. The van der Waals surface area contributed by atoms with Crippen molar-refractivity contribution in [3.05, 3.63) is 36.5 Å². The smallest absolute Gasteiger partial charge is 0.187 e. The zero-order valence-electron chi connectivity index (χ0n) is 12.4. The highest BCUT2D eigenvalue weighted by atomic mass is 32.2. The average Bonchev–Trinajstić information content (AvgIpc) is 2.84. The first-order valence-corrected chi connectivity index (χ1v) is 8.87. The van der Waals surface area contributed by atoms with Gasteiger partial charge < -0.3 is 0 Å². The molecule has 22 heavy (non-hydrogen) atoms. The molecule has 3 aliphatic carbocycles. The summed E-state index contributed by atoms with van der Waals surface area (Å²) in [5.41, 5.74) is 3.43. The highest BCUT2D eigenvalue weighted by Crippen LogP contribution is 2.62. The molecule has 2 bridgehead atoms. The summed E-state index contributed by atoms with van der Waals surface area (Å²) in [4.78, 5) is 8.91. The number of para-hydroxylation sites is 1. The second-order valence-electron chi connectivity index (χ2n) is 6.41. The lowest BCUT2D eigenvalue weighted by Gasteiger charge is -2.61. The van der Waals surface area contributed by atoms with Crippen molar-refractivity contribution in [1.29, 1.82) is 0 Å². The molecule has 0 amide bonds. The number of hydrogen-bond donors (Lipinski definition) is 0. The summed E-state index contributed by atoms with van der Waals surface area (Å²) < 4.78 is 2.28. The maximum absolute atomic E-state index is 4.98. The molecule has 6 rings (SSSR count). The van der Waals surface area contributed by atoms with Crippen molar-refractivity contribution in [2.75, 3.05) is 6.26 Å². The Bertz CT molecular complexity index is 868. The Morgan fingerprint density at radius 2 is 2.00 bits per heavy atom. The topological polar surface area (TPSA) is 43.6 Å². The van der Waals surface area contributed by atoms with E-state index in [0.29, 0.717) is 0 Å². The van der Waals surface area contributed by atoms with E-state index < -0.39 is 0 Å². The molecule has 3 aliphatic rings. The minimum atomic E-state index is 0.290. The Morgan fingerprint density at radius 3 is 2.73 bits per heavy atom. The Kier molecular flexibility index (Phi) is 2.48. The molecule has 5 heteroatoms. The van der Waals surface area contributed by atoms with Gasteiger partial charge in [0.15, 0.2) is 5.16 Å². The maximum Gasteiger partial charge on any atom is 0.187 e. The number of nitrogens with zero attached hydrogens (tertiary/aromatic N) is 4. The molecule has 0 saturated heterocycles. The molecule has 110 valence electrons. The van der Waals surface area contributed by atoms with Gasteiger partial charge in [0.2, 0.25) is 0 Å². The van der Waals surface area contributed by atoms with Gasteiger partial charge in [-0.15, -0.1) is 0 Å². The summed E-state index contributed by atoms with van der Waals surface area (Å²) in [7, 11) is 0. The van der Waals surface area contributed by atoms with Crippen LogP contribution < -0.4 is 0 Å². The lowest BCUT2D eigenvalue weighted by Crippen LogP contribution is -2.59. The molecule has 0 aliphatic heterocycles. The zero-order chi connectivity index (χ0) is 14.7. The Labute approximate surface area is 133 Å². The van der Waals surface area contributed by atoms with Gasteiger partial charge in [0, 0.05) is 11.6 Å². The lowest BCUT2D eigenvalue weighted by molar-refractivity contribution is -0.0942. The molecular weight excluding hydrogens is 292 g/mol. The maximum atomic E-state index is 4.98. The first-order valence-electron chi connectivity index (χ1n) is 7.65. The Hall–Kier alpha value is -1.88. The first-order chi connectivity index (χ1) is 10.8. The summed E-state index contributed by atoms with van der Waals surface area (Å²) >= 11 is 1.56. The van der Waals surface area contributed by atoms with Crippen LogP contribution in [0.15, 0.2) is 41.7 Å². The van der Waals surface area contributed by atoms with Gasteiger partial charge >= 0.3 is 0 Å². The molecule has 0 unspecified atom stereocenters. The zero-order valence-corrected chi connectivity index (χ0v) is 13.2. The van der Waals surface area contributed by atoms with Crippen LogP contribution in [-0.4, -0.2) is 26.0 Å². The van der Waals surface area contributed by atoms with E-state index in [1.54, 1.807) is 11.8 Å². The fourth-order valence-electron chi connectivity index (χ4n) is 3.88.